The Balaban J connectivity index is 1.44. The Kier molecular flexibility index (Phi) is 5.00. The van der Waals surface area contributed by atoms with Crippen LogP contribution in [0.4, 0.5) is 5.69 Å². The van der Waals surface area contributed by atoms with Crippen molar-refractivity contribution in [3.05, 3.63) is 89.6 Å². The van der Waals surface area contributed by atoms with Crippen LogP contribution in [-0.2, 0) is 16.6 Å². The molecule has 0 aromatic heterocycles. The molecule has 31 heavy (non-hydrogen) atoms. The highest BCUT2D eigenvalue weighted by Crippen LogP contribution is 2.36. The van der Waals surface area contributed by atoms with Crippen molar-refractivity contribution in [3.63, 3.8) is 0 Å². The zero-order valence-corrected chi connectivity index (χ0v) is 17.2. The van der Waals surface area contributed by atoms with Crippen LogP contribution in [0.5, 0.6) is 0 Å². The molecule has 1 fully saturated rings. The summed E-state index contributed by atoms with van der Waals surface area (Å²) >= 11 is 0. The van der Waals surface area contributed by atoms with E-state index in [2.05, 4.69) is 56.6 Å². The first kappa shape index (κ1) is 19.5. The molecule has 3 N–H and O–H groups in total. The molecule has 2 aliphatic heterocycles. The van der Waals surface area contributed by atoms with Crippen molar-refractivity contribution in [1.29, 1.82) is 0 Å². The van der Waals surface area contributed by atoms with E-state index in [0.29, 0.717) is 17.5 Å². The number of nitrogens with one attached hydrogen (secondary N) is 1. The highest BCUT2D eigenvalue weighted by Gasteiger charge is 2.45. The van der Waals surface area contributed by atoms with E-state index in [1.807, 2.05) is 36.4 Å². The monoisotopic (exact) mass is 411 g/mol. The lowest BCUT2D eigenvalue weighted by Crippen LogP contribution is -2.52. The minimum absolute atomic E-state index is 0.365. The number of carbonyl (C=O) groups is 1. The SMILES string of the molecule is NC(=O)C1(c2ccc(N3CCNCC3Cc3ccccc3)cc2)C=CC=C2N=CN=C21. The molecule has 0 radical (unpaired) electrons. The number of piperazine rings is 1. The lowest BCUT2D eigenvalue weighted by atomic mass is 9.72. The zero-order chi connectivity index (χ0) is 21.3. The molecule has 2 atom stereocenters. The second kappa shape index (κ2) is 7.96. The van der Waals surface area contributed by atoms with Crippen LogP contribution in [0.3, 0.4) is 0 Å². The first-order valence-electron chi connectivity index (χ1n) is 10.6. The molecule has 1 aliphatic carbocycles. The molecule has 156 valence electrons. The number of nitrogens with two attached hydrogens (primary N) is 1. The van der Waals surface area contributed by atoms with E-state index in [-0.39, 0.29) is 0 Å². The third-order valence-electron chi connectivity index (χ3n) is 6.31. The van der Waals surface area contributed by atoms with E-state index in [9.17, 15) is 4.79 Å². The van der Waals surface area contributed by atoms with Crippen molar-refractivity contribution in [3.8, 4) is 0 Å². The predicted molar refractivity (Wildman–Crippen MR) is 125 cm³/mol. The van der Waals surface area contributed by atoms with Gasteiger partial charge in [-0.2, -0.15) is 0 Å². The third-order valence-corrected chi connectivity index (χ3v) is 6.31. The molecular formula is C25H25N5O. The van der Waals surface area contributed by atoms with Crippen molar-refractivity contribution in [2.75, 3.05) is 24.5 Å². The summed E-state index contributed by atoms with van der Waals surface area (Å²) in [5, 5.41) is 3.52. The smallest absolute Gasteiger partial charge is 0.238 e. The summed E-state index contributed by atoms with van der Waals surface area (Å²) in [5.41, 5.74) is 9.39. The van der Waals surface area contributed by atoms with Crippen LogP contribution in [0, 0.1) is 0 Å². The Morgan fingerprint density at radius 3 is 2.74 bits per heavy atom. The van der Waals surface area contributed by atoms with Gasteiger partial charge in [0.25, 0.3) is 0 Å². The molecule has 1 saturated heterocycles. The van der Waals surface area contributed by atoms with Crippen LogP contribution < -0.4 is 16.0 Å². The van der Waals surface area contributed by atoms with Crippen molar-refractivity contribution >= 4 is 23.6 Å². The molecule has 2 unspecified atom stereocenters. The van der Waals surface area contributed by atoms with Gasteiger partial charge in [0.2, 0.25) is 5.91 Å². The Labute approximate surface area is 181 Å². The number of hydrogen-bond donors (Lipinski definition) is 2. The third kappa shape index (κ3) is 3.39. The van der Waals surface area contributed by atoms with E-state index in [4.69, 9.17) is 5.73 Å². The van der Waals surface area contributed by atoms with E-state index < -0.39 is 11.3 Å². The number of benzene rings is 2. The standard InChI is InChI=1S/C25H25N5O/c26-24(31)25(12-4-7-22-23(25)29-17-28-22)19-8-10-20(11-9-19)30-14-13-27-16-21(30)15-18-5-2-1-3-6-18/h1-12,17,21,27H,13-16H2,(H2,26,31). The molecule has 2 heterocycles. The first-order valence-corrected chi connectivity index (χ1v) is 10.6. The van der Waals surface area contributed by atoms with Gasteiger partial charge in [-0.05, 0) is 35.8 Å². The fourth-order valence-corrected chi connectivity index (χ4v) is 4.72. The summed E-state index contributed by atoms with van der Waals surface area (Å²) in [6, 6.07) is 19.1. The Hall–Kier alpha value is -3.51. The maximum absolute atomic E-state index is 12.6. The van der Waals surface area contributed by atoms with Gasteiger partial charge in [-0.3, -0.25) is 4.79 Å². The highest BCUT2D eigenvalue weighted by molar-refractivity contribution is 6.26. The largest absolute Gasteiger partial charge is 0.368 e. The molecule has 0 saturated carbocycles. The number of amides is 1. The van der Waals surface area contributed by atoms with E-state index in [1.54, 1.807) is 0 Å². The van der Waals surface area contributed by atoms with Gasteiger partial charge >= 0.3 is 0 Å². The summed E-state index contributed by atoms with van der Waals surface area (Å²) in [4.78, 5) is 23.7. The number of carbonyl (C=O) groups excluding carboxylic acids is 1. The zero-order valence-electron chi connectivity index (χ0n) is 17.2. The van der Waals surface area contributed by atoms with Crippen molar-refractivity contribution in [1.82, 2.24) is 5.32 Å². The summed E-state index contributed by atoms with van der Waals surface area (Å²) in [6.45, 7) is 2.82. The number of allylic oxidation sites excluding steroid dienone is 3. The van der Waals surface area contributed by atoms with Gasteiger partial charge in [0, 0.05) is 31.4 Å². The van der Waals surface area contributed by atoms with Gasteiger partial charge in [0.15, 0.2) is 0 Å². The predicted octanol–water partition coefficient (Wildman–Crippen LogP) is 2.37. The van der Waals surface area contributed by atoms with Crippen molar-refractivity contribution in [2.45, 2.75) is 17.9 Å². The molecule has 1 amide bonds. The van der Waals surface area contributed by atoms with Gasteiger partial charge in [-0.15, -0.1) is 0 Å². The second-order valence-corrected chi connectivity index (χ2v) is 8.09. The Morgan fingerprint density at radius 2 is 1.97 bits per heavy atom. The molecule has 2 aromatic rings. The molecule has 6 nitrogen and oxygen atoms in total. The second-order valence-electron chi connectivity index (χ2n) is 8.09. The van der Waals surface area contributed by atoms with Crippen LogP contribution in [0.1, 0.15) is 11.1 Å². The van der Waals surface area contributed by atoms with Gasteiger partial charge < -0.3 is 16.0 Å². The summed E-state index contributed by atoms with van der Waals surface area (Å²) in [7, 11) is 0. The fraction of sp³-hybridized carbons (Fsp3) is 0.240. The molecule has 6 heteroatoms. The number of anilines is 1. The number of fused-ring (bicyclic) bond motifs is 1. The van der Waals surface area contributed by atoms with Crippen molar-refractivity contribution < 1.29 is 4.79 Å². The van der Waals surface area contributed by atoms with E-state index >= 15 is 0 Å². The first-order chi connectivity index (χ1) is 15.2. The van der Waals surface area contributed by atoms with Crippen LogP contribution in [-0.4, -0.2) is 43.6 Å². The summed E-state index contributed by atoms with van der Waals surface area (Å²) in [5.74, 6) is -0.449. The van der Waals surface area contributed by atoms with Crippen LogP contribution >= 0.6 is 0 Å². The van der Waals surface area contributed by atoms with Gasteiger partial charge in [0.05, 0.1) is 11.4 Å². The lowest BCUT2D eigenvalue weighted by molar-refractivity contribution is -0.120. The Bertz CT molecular complexity index is 1100. The lowest BCUT2D eigenvalue weighted by Gasteiger charge is -2.38. The topological polar surface area (TPSA) is 83.1 Å². The maximum Gasteiger partial charge on any atom is 0.238 e. The fourth-order valence-electron chi connectivity index (χ4n) is 4.72. The average molecular weight is 412 g/mol. The van der Waals surface area contributed by atoms with E-state index in [0.717, 1.165) is 37.3 Å². The molecule has 0 bridgehead atoms. The minimum atomic E-state index is -1.09. The summed E-state index contributed by atoms with van der Waals surface area (Å²) < 4.78 is 0. The minimum Gasteiger partial charge on any atom is -0.368 e. The van der Waals surface area contributed by atoms with E-state index in [1.165, 1.54) is 11.9 Å². The molecule has 3 aliphatic rings. The van der Waals surface area contributed by atoms with Crippen LogP contribution in [0.25, 0.3) is 0 Å². The number of primary amides is 1. The summed E-state index contributed by atoms with van der Waals surface area (Å²) in [6.07, 6.45) is 7.97. The number of nitrogens with zero attached hydrogens (tertiary/aromatic N) is 3. The number of aliphatic imine (C=N–C) groups is 2. The Morgan fingerprint density at radius 1 is 1.16 bits per heavy atom. The van der Waals surface area contributed by atoms with Crippen LogP contribution in [0.15, 0.2) is 88.5 Å². The molecule has 0 spiro atoms. The molecule has 2 aromatic carbocycles. The number of rotatable bonds is 5. The highest BCUT2D eigenvalue weighted by atomic mass is 16.1. The van der Waals surface area contributed by atoms with Crippen LogP contribution in [0.2, 0.25) is 0 Å². The average Bonchev–Trinajstić information content (AvgIpc) is 3.30. The van der Waals surface area contributed by atoms with Crippen molar-refractivity contribution in [2.24, 2.45) is 15.7 Å². The quantitative estimate of drug-likeness (QED) is 0.792. The maximum atomic E-state index is 12.6. The molecular weight excluding hydrogens is 386 g/mol. The van der Waals surface area contributed by atoms with Gasteiger partial charge in [0.1, 0.15) is 11.8 Å². The van der Waals surface area contributed by atoms with Gasteiger partial charge in [-0.25, -0.2) is 9.98 Å². The normalized spacial score (nSPS) is 24.5. The number of hydrogen-bond acceptors (Lipinski definition) is 5. The van der Waals surface area contributed by atoms with Gasteiger partial charge in [-0.1, -0.05) is 54.6 Å². The molecule has 5 rings (SSSR count).